The SMILES string of the molecule is CCCC(C(=O)N(C)Cc1cccc(Br)c1)C(N)=NO. The minimum absolute atomic E-state index is 0.0297. The van der Waals surface area contributed by atoms with Crippen LogP contribution < -0.4 is 5.73 Å². The van der Waals surface area contributed by atoms with E-state index in [0.29, 0.717) is 13.0 Å². The van der Waals surface area contributed by atoms with Crippen LogP contribution in [-0.4, -0.2) is 28.9 Å². The summed E-state index contributed by atoms with van der Waals surface area (Å²) in [5.74, 6) is -0.734. The summed E-state index contributed by atoms with van der Waals surface area (Å²) < 4.78 is 0.970. The number of benzene rings is 1. The predicted molar refractivity (Wildman–Crippen MR) is 82.4 cm³/mol. The lowest BCUT2D eigenvalue weighted by atomic mass is 10.0. The van der Waals surface area contributed by atoms with Gasteiger partial charge < -0.3 is 15.8 Å². The van der Waals surface area contributed by atoms with Crippen LogP contribution in [0.4, 0.5) is 0 Å². The molecule has 5 nitrogen and oxygen atoms in total. The third kappa shape index (κ3) is 4.52. The molecule has 1 unspecified atom stereocenters. The quantitative estimate of drug-likeness (QED) is 0.361. The monoisotopic (exact) mass is 341 g/mol. The van der Waals surface area contributed by atoms with Gasteiger partial charge in [-0.05, 0) is 24.1 Å². The molecule has 0 saturated heterocycles. The highest BCUT2D eigenvalue weighted by atomic mass is 79.9. The minimum Gasteiger partial charge on any atom is -0.409 e. The van der Waals surface area contributed by atoms with Crippen LogP contribution in [-0.2, 0) is 11.3 Å². The number of halogens is 1. The molecule has 0 spiro atoms. The Hall–Kier alpha value is -1.56. The van der Waals surface area contributed by atoms with Gasteiger partial charge in [0.2, 0.25) is 5.91 Å². The van der Waals surface area contributed by atoms with Crippen LogP contribution >= 0.6 is 15.9 Å². The molecule has 20 heavy (non-hydrogen) atoms. The molecule has 0 heterocycles. The van der Waals surface area contributed by atoms with E-state index in [-0.39, 0.29) is 11.7 Å². The second kappa shape index (κ2) is 7.89. The Balaban J connectivity index is 2.79. The van der Waals surface area contributed by atoms with Gasteiger partial charge in [-0.2, -0.15) is 0 Å². The number of oxime groups is 1. The van der Waals surface area contributed by atoms with Crippen molar-refractivity contribution in [2.75, 3.05) is 7.05 Å². The Morgan fingerprint density at radius 3 is 2.80 bits per heavy atom. The fourth-order valence-corrected chi connectivity index (χ4v) is 2.46. The maximum atomic E-state index is 12.4. The van der Waals surface area contributed by atoms with Crippen molar-refractivity contribution in [2.24, 2.45) is 16.8 Å². The molecule has 1 rings (SSSR count). The maximum Gasteiger partial charge on any atom is 0.233 e. The van der Waals surface area contributed by atoms with Crippen LogP contribution in [0.1, 0.15) is 25.3 Å². The molecule has 1 atom stereocenters. The van der Waals surface area contributed by atoms with Crippen molar-refractivity contribution in [2.45, 2.75) is 26.3 Å². The number of amidine groups is 1. The second-order valence-electron chi connectivity index (χ2n) is 4.69. The van der Waals surface area contributed by atoms with E-state index in [1.807, 2.05) is 31.2 Å². The van der Waals surface area contributed by atoms with E-state index >= 15 is 0 Å². The molecule has 1 amide bonds. The topological polar surface area (TPSA) is 78.9 Å². The highest BCUT2D eigenvalue weighted by molar-refractivity contribution is 9.10. The summed E-state index contributed by atoms with van der Waals surface area (Å²) in [7, 11) is 1.72. The van der Waals surface area contributed by atoms with Gasteiger partial charge in [0.25, 0.3) is 0 Å². The van der Waals surface area contributed by atoms with Crippen LogP contribution in [0.25, 0.3) is 0 Å². The van der Waals surface area contributed by atoms with Crippen molar-refractivity contribution in [1.29, 1.82) is 0 Å². The van der Waals surface area contributed by atoms with Crippen molar-refractivity contribution in [3.05, 3.63) is 34.3 Å². The van der Waals surface area contributed by atoms with E-state index < -0.39 is 5.92 Å². The number of carbonyl (C=O) groups excluding carboxylic acids is 1. The fraction of sp³-hybridized carbons (Fsp3) is 0.429. The summed E-state index contributed by atoms with van der Waals surface area (Å²) in [6.07, 6.45) is 1.36. The molecule has 1 aromatic rings. The van der Waals surface area contributed by atoms with Crippen molar-refractivity contribution in [3.8, 4) is 0 Å². The summed E-state index contributed by atoms with van der Waals surface area (Å²) in [5.41, 5.74) is 6.62. The van der Waals surface area contributed by atoms with E-state index in [2.05, 4.69) is 21.1 Å². The number of hydrogen-bond donors (Lipinski definition) is 2. The first-order chi connectivity index (χ1) is 9.49. The second-order valence-corrected chi connectivity index (χ2v) is 5.61. The largest absolute Gasteiger partial charge is 0.409 e. The first kappa shape index (κ1) is 16.5. The zero-order valence-corrected chi connectivity index (χ0v) is 13.3. The van der Waals surface area contributed by atoms with E-state index in [0.717, 1.165) is 16.5 Å². The maximum absolute atomic E-state index is 12.4. The van der Waals surface area contributed by atoms with E-state index in [1.165, 1.54) is 0 Å². The molecular formula is C14H20BrN3O2. The van der Waals surface area contributed by atoms with Crippen molar-refractivity contribution < 1.29 is 10.0 Å². The zero-order valence-electron chi connectivity index (χ0n) is 11.7. The van der Waals surface area contributed by atoms with Crippen LogP contribution in [0.5, 0.6) is 0 Å². The molecule has 0 aliphatic carbocycles. The Labute approximate surface area is 127 Å². The van der Waals surface area contributed by atoms with Gasteiger partial charge in [-0.15, -0.1) is 0 Å². The van der Waals surface area contributed by atoms with Gasteiger partial charge in [-0.3, -0.25) is 4.79 Å². The van der Waals surface area contributed by atoms with Crippen molar-refractivity contribution in [1.82, 2.24) is 4.90 Å². The molecule has 110 valence electrons. The molecule has 0 radical (unpaired) electrons. The van der Waals surface area contributed by atoms with E-state index in [9.17, 15) is 4.79 Å². The lowest BCUT2D eigenvalue weighted by molar-refractivity contribution is -0.132. The summed E-state index contributed by atoms with van der Waals surface area (Å²) in [5, 5.41) is 11.7. The fourth-order valence-electron chi connectivity index (χ4n) is 2.01. The molecule has 0 aromatic heterocycles. The summed E-state index contributed by atoms with van der Waals surface area (Å²) in [6.45, 7) is 2.44. The molecule has 3 N–H and O–H groups in total. The molecule has 0 aliphatic heterocycles. The summed E-state index contributed by atoms with van der Waals surface area (Å²) in [4.78, 5) is 14.0. The van der Waals surface area contributed by atoms with Gasteiger partial charge in [0, 0.05) is 18.1 Å². The van der Waals surface area contributed by atoms with Gasteiger partial charge in [-0.1, -0.05) is 46.6 Å². The standard InChI is InChI=1S/C14H20BrN3O2/c1-3-5-12(13(16)17-20)14(19)18(2)9-10-6-4-7-11(15)8-10/h4,6-8,12,20H,3,5,9H2,1-2H3,(H2,16,17). The van der Waals surface area contributed by atoms with Gasteiger partial charge in [-0.25, -0.2) is 0 Å². The summed E-state index contributed by atoms with van der Waals surface area (Å²) >= 11 is 3.40. The lowest BCUT2D eigenvalue weighted by Crippen LogP contribution is -2.39. The number of rotatable bonds is 6. The highest BCUT2D eigenvalue weighted by Crippen LogP contribution is 2.16. The minimum atomic E-state index is -0.567. The Morgan fingerprint density at radius 2 is 2.25 bits per heavy atom. The van der Waals surface area contributed by atoms with Crippen LogP contribution in [0.3, 0.4) is 0 Å². The normalized spacial score (nSPS) is 13.1. The Morgan fingerprint density at radius 1 is 1.55 bits per heavy atom. The average Bonchev–Trinajstić information content (AvgIpc) is 2.43. The molecule has 0 bridgehead atoms. The van der Waals surface area contributed by atoms with Gasteiger partial charge in [0.15, 0.2) is 5.84 Å². The van der Waals surface area contributed by atoms with Crippen LogP contribution in [0, 0.1) is 5.92 Å². The van der Waals surface area contributed by atoms with Gasteiger partial charge in [0.05, 0.1) is 5.92 Å². The number of nitrogens with two attached hydrogens (primary N) is 1. The van der Waals surface area contributed by atoms with Crippen molar-refractivity contribution >= 4 is 27.7 Å². The lowest BCUT2D eigenvalue weighted by Gasteiger charge is -2.23. The third-order valence-corrected chi connectivity index (χ3v) is 3.53. The van der Waals surface area contributed by atoms with Crippen LogP contribution in [0.15, 0.2) is 33.9 Å². The zero-order chi connectivity index (χ0) is 15.1. The molecule has 1 aromatic carbocycles. The smallest absolute Gasteiger partial charge is 0.233 e. The predicted octanol–water partition coefficient (Wildman–Crippen LogP) is 2.57. The third-order valence-electron chi connectivity index (χ3n) is 3.03. The molecular weight excluding hydrogens is 322 g/mol. The number of carbonyl (C=O) groups is 1. The highest BCUT2D eigenvalue weighted by Gasteiger charge is 2.25. The first-order valence-electron chi connectivity index (χ1n) is 6.46. The van der Waals surface area contributed by atoms with Gasteiger partial charge >= 0.3 is 0 Å². The molecule has 6 heteroatoms. The molecule has 0 aliphatic rings. The molecule has 0 saturated carbocycles. The van der Waals surface area contributed by atoms with Gasteiger partial charge in [0.1, 0.15) is 0 Å². The Kier molecular flexibility index (Phi) is 6.51. The number of hydrogen-bond acceptors (Lipinski definition) is 3. The van der Waals surface area contributed by atoms with E-state index in [1.54, 1.807) is 11.9 Å². The number of nitrogens with zero attached hydrogens (tertiary/aromatic N) is 2. The molecule has 0 fully saturated rings. The van der Waals surface area contributed by atoms with Crippen molar-refractivity contribution in [3.63, 3.8) is 0 Å². The number of amides is 1. The van der Waals surface area contributed by atoms with Crippen LogP contribution in [0.2, 0.25) is 0 Å². The summed E-state index contributed by atoms with van der Waals surface area (Å²) in [6, 6.07) is 7.77. The van der Waals surface area contributed by atoms with E-state index in [4.69, 9.17) is 10.9 Å². The first-order valence-corrected chi connectivity index (χ1v) is 7.25. The average molecular weight is 342 g/mol. The Bertz CT molecular complexity index is 491.